The minimum atomic E-state index is -3.67. The van der Waals surface area contributed by atoms with Crippen LogP contribution in [0, 0.1) is 5.82 Å². The number of aryl methyl sites for hydroxylation is 1. The highest BCUT2D eigenvalue weighted by atomic mass is 35.5. The van der Waals surface area contributed by atoms with E-state index < -0.39 is 10.0 Å². The Morgan fingerprint density at radius 3 is 2.58 bits per heavy atom. The third-order valence-electron chi connectivity index (χ3n) is 4.01. The van der Waals surface area contributed by atoms with Gasteiger partial charge >= 0.3 is 0 Å². The van der Waals surface area contributed by atoms with Crippen molar-refractivity contribution in [2.45, 2.75) is 17.9 Å². The summed E-state index contributed by atoms with van der Waals surface area (Å²) in [4.78, 5) is 0. The smallest absolute Gasteiger partial charge is 0.255 e. The molecule has 128 valence electrons. The summed E-state index contributed by atoms with van der Waals surface area (Å²) in [5, 5.41) is 4.03. The van der Waals surface area contributed by atoms with Crippen LogP contribution in [-0.4, -0.2) is 35.6 Å². The molecule has 0 radical (unpaired) electrons. The topological polar surface area (TPSA) is 55.2 Å². The van der Waals surface area contributed by atoms with Gasteiger partial charge in [0.2, 0.25) is 0 Å². The number of rotatable bonds is 3. The van der Waals surface area contributed by atoms with Crippen LogP contribution < -0.4 is 0 Å². The van der Waals surface area contributed by atoms with Gasteiger partial charge in [0.15, 0.2) is 5.03 Å². The van der Waals surface area contributed by atoms with Crippen molar-refractivity contribution >= 4 is 27.7 Å². The molecule has 0 atom stereocenters. The highest BCUT2D eigenvalue weighted by Gasteiger charge is 2.31. The van der Waals surface area contributed by atoms with E-state index in [0.717, 1.165) is 11.1 Å². The van der Waals surface area contributed by atoms with Gasteiger partial charge in [-0.3, -0.25) is 4.68 Å². The lowest BCUT2D eigenvalue weighted by molar-refractivity contribution is 0.383. The van der Waals surface area contributed by atoms with Gasteiger partial charge in [-0.15, -0.1) is 0 Å². The summed E-state index contributed by atoms with van der Waals surface area (Å²) >= 11 is 5.96. The Kier molecular flexibility index (Phi) is 4.76. The van der Waals surface area contributed by atoms with E-state index in [1.54, 1.807) is 13.1 Å². The maximum atomic E-state index is 13.2. The molecule has 2 aromatic rings. The van der Waals surface area contributed by atoms with E-state index in [9.17, 15) is 12.8 Å². The van der Waals surface area contributed by atoms with Crippen molar-refractivity contribution in [2.75, 3.05) is 13.1 Å². The first kappa shape index (κ1) is 17.1. The summed E-state index contributed by atoms with van der Waals surface area (Å²) in [5.41, 5.74) is 1.89. The third kappa shape index (κ3) is 3.38. The van der Waals surface area contributed by atoms with E-state index in [2.05, 4.69) is 5.10 Å². The zero-order chi connectivity index (χ0) is 17.3. The number of piperidine rings is 1. The molecule has 1 saturated heterocycles. The lowest BCUT2D eigenvalue weighted by Gasteiger charge is -2.27. The number of nitrogens with zero attached hydrogens (tertiary/aromatic N) is 3. The molecule has 3 rings (SSSR count). The van der Waals surface area contributed by atoms with E-state index in [0.29, 0.717) is 25.9 Å². The number of aromatic nitrogens is 2. The predicted molar refractivity (Wildman–Crippen MR) is 90.6 cm³/mol. The lowest BCUT2D eigenvalue weighted by Crippen LogP contribution is -2.37. The number of hydrogen-bond donors (Lipinski definition) is 0. The van der Waals surface area contributed by atoms with Crippen molar-refractivity contribution in [1.29, 1.82) is 0 Å². The Bertz CT molecular complexity index is 863. The number of benzene rings is 1. The fraction of sp³-hybridized carbons (Fsp3) is 0.312. The first-order valence-corrected chi connectivity index (χ1v) is 9.32. The maximum Gasteiger partial charge on any atom is 0.261 e. The highest BCUT2D eigenvalue weighted by molar-refractivity contribution is 7.89. The molecule has 1 fully saturated rings. The third-order valence-corrected chi connectivity index (χ3v) is 6.42. The van der Waals surface area contributed by atoms with Crippen LogP contribution in [0.25, 0.3) is 6.08 Å². The molecule has 24 heavy (non-hydrogen) atoms. The summed E-state index contributed by atoms with van der Waals surface area (Å²) in [6, 6.07) is 6.35. The number of halogens is 2. The Morgan fingerprint density at radius 1 is 1.29 bits per heavy atom. The predicted octanol–water partition coefficient (Wildman–Crippen LogP) is 3.08. The Morgan fingerprint density at radius 2 is 2.00 bits per heavy atom. The molecular weight excluding hydrogens is 353 g/mol. The molecule has 1 aromatic heterocycles. The Balaban J connectivity index is 1.75. The lowest BCUT2D eigenvalue weighted by atomic mass is 10.0. The Hall–Kier alpha value is -1.70. The second-order valence-electron chi connectivity index (χ2n) is 5.68. The molecule has 0 bridgehead atoms. The molecule has 0 amide bonds. The molecule has 0 unspecified atom stereocenters. The first-order valence-electron chi connectivity index (χ1n) is 7.50. The van der Waals surface area contributed by atoms with E-state index >= 15 is 0 Å². The molecular formula is C16H17ClFN3O2S. The standard InChI is InChI=1S/C16H17ClFN3O2S/c1-20-16(15(17)11-19-20)24(22,23)21-7-5-12(6-8-21)9-13-3-2-4-14(18)10-13/h2-4,9-11H,5-8H2,1H3. The molecule has 5 nitrogen and oxygen atoms in total. The molecule has 1 aliphatic rings. The molecule has 0 N–H and O–H groups in total. The maximum absolute atomic E-state index is 13.2. The first-order chi connectivity index (χ1) is 11.4. The van der Waals surface area contributed by atoms with Crippen molar-refractivity contribution in [1.82, 2.24) is 14.1 Å². The van der Waals surface area contributed by atoms with Crippen molar-refractivity contribution in [2.24, 2.45) is 7.05 Å². The van der Waals surface area contributed by atoms with Crippen LogP contribution in [0.3, 0.4) is 0 Å². The van der Waals surface area contributed by atoms with Crippen LogP contribution in [0.1, 0.15) is 18.4 Å². The summed E-state index contributed by atoms with van der Waals surface area (Å²) in [6.07, 6.45) is 4.45. The van der Waals surface area contributed by atoms with Crippen LogP contribution >= 0.6 is 11.6 Å². The van der Waals surface area contributed by atoms with Gasteiger partial charge in [-0.05, 0) is 30.5 Å². The normalized spacial score (nSPS) is 16.4. The van der Waals surface area contributed by atoms with Crippen LogP contribution in [-0.2, 0) is 17.1 Å². The van der Waals surface area contributed by atoms with Gasteiger partial charge in [-0.25, -0.2) is 12.8 Å². The van der Waals surface area contributed by atoms with Crippen molar-refractivity contribution < 1.29 is 12.8 Å². The van der Waals surface area contributed by atoms with Gasteiger partial charge < -0.3 is 0 Å². The monoisotopic (exact) mass is 369 g/mol. The van der Waals surface area contributed by atoms with Gasteiger partial charge in [0.1, 0.15) is 5.82 Å². The van der Waals surface area contributed by atoms with Crippen molar-refractivity contribution in [3.63, 3.8) is 0 Å². The highest BCUT2D eigenvalue weighted by Crippen LogP contribution is 2.28. The zero-order valence-corrected chi connectivity index (χ0v) is 14.7. The number of sulfonamides is 1. The van der Waals surface area contributed by atoms with Gasteiger partial charge in [0.25, 0.3) is 10.0 Å². The quantitative estimate of drug-likeness (QED) is 0.835. The van der Waals surface area contributed by atoms with E-state index in [1.165, 1.54) is 27.3 Å². The second kappa shape index (κ2) is 6.66. The van der Waals surface area contributed by atoms with Gasteiger partial charge in [-0.1, -0.05) is 35.4 Å². The molecule has 1 aliphatic heterocycles. The van der Waals surface area contributed by atoms with Gasteiger partial charge in [0, 0.05) is 20.1 Å². The Labute approximate surface area is 145 Å². The molecule has 0 spiro atoms. The van der Waals surface area contributed by atoms with Crippen molar-refractivity contribution in [3.8, 4) is 0 Å². The fourth-order valence-electron chi connectivity index (χ4n) is 2.80. The van der Waals surface area contributed by atoms with Crippen molar-refractivity contribution in [3.05, 3.63) is 52.4 Å². The van der Waals surface area contributed by atoms with Gasteiger partial charge in [0.05, 0.1) is 11.2 Å². The average molecular weight is 370 g/mol. The van der Waals surface area contributed by atoms with Crippen LogP contribution in [0.2, 0.25) is 5.02 Å². The number of hydrogen-bond acceptors (Lipinski definition) is 3. The summed E-state index contributed by atoms with van der Waals surface area (Å²) in [6.45, 7) is 0.732. The molecule has 8 heteroatoms. The largest absolute Gasteiger partial charge is 0.261 e. The minimum Gasteiger partial charge on any atom is -0.255 e. The van der Waals surface area contributed by atoms with Crippen LogP contribution in [0.15, 0.2) is 41.1 Å². The van der Waals surface area contributed by atoms with E-state index in [-0.39, 0.29) is 15.9 Å². The SMILES string of the molecule is Cn1ncc(Cl)c1S(=O)(=O)N1CCC(=Cc2cccc(F)c2)CC1. The molecule has 2 heterocycles. The van der Waals surface area contributed by atoms with E-state index in [4.69, 9.17) is 11.6 Å². The van der Waals surface area contributed by atoms with Crippen LogP contribution in [0.4, 0.5) is 4.39 Å². The summed E-state index contributed by atoms with van der Waals surface area (Å²) in [7, 11) is -2.11. The van der Waals surface area contributed by atoms with E-state index in [1.807, 2.05) is 12.1 Å². The summed E-state index contributed by atoms with van der Waals surface area (Å²) in [5.74, 6) is -0.282. The molecule has 0 saturated carbocycles. The molecule has 1 aromatic carbocycles. The summed E-state index contributed by atoms with van der Waals surface area (Å²) < 4.78 is 41.3. The average Bonchev–Trinajstić information content (AvgIpc) is 2.87. The zero-order valence-electron chi connectivity index (χ0n) is 13.1. The van der Waals surface area contributed by atoms with Crippen LogP contribution in [0.5, 0.6) is 0 Å². The van der Waals surface area contributed by atoms with Gasteiger partial charge in [-0.2, -0.15) is 9.40 Å². The second-order valence-corrected chi connectivity index (χ2v) is 7.94. The fourth-order valence-corrected chi connectivity index (χ4v) is 4.85. The molecule has 0 aliphatic carbocycles. The minimum absolute atomic E-state index is 0.0155.